The maximum absolute atomic E-state index is 13.0. The molecule has 0 saturated heterocycles. The van der Waals surface area contributed by atoms with E-state index in [1.807, 2.05) is 48.5 Å². The first kappa shape index (κ1) is 74.3. The van der Waals surface area contributed by atoms with Gasteiger partial charge in [-0.2, -0.15) is 55.7 Å². The van der Waals surface area contributed by atoms with Crippen LogP contribution in [0.25, 0.3) is 5.69 Å². The van der Waals surface area contributed by atoms with Gasteiger partial charge < -0.3 is 23.7 Å². The Hall–Kier alpha value is -12.5. The summed E-state index contributed by atoms with van der Waals surface area (Å²) in [6.07, 6.45) is 7.92. The van der Waals surface area contributed by atoms with Gasteiger partial charge in [0.2, 0.25) is 0 Å². The van der Waals surface area contributed by atoms with Crippen LogP contribution in [0.2, 0.25) is 0 Å². The first-order valence-electron chi connectivity index (χ1n) is 31.1. The minimum atomic E-state index is -1.19. The van der Waals surface area contributed by atoms with Crippen LogP contribution in [0.3, 0.4) is 0 Å². The predicted octanol–water partition coefficient (Wildman–Crippen LogP) is 2.26. The molecule has 3 atom stereocenters. The lowest BCUT2D eigenvalue weighted by molar-refractivity contribution is -0.147. The van der Waals surface area contributed by atoms with Crippen LogP contribution >= 0.6 is 0 Å². The molecule has 7 aromatic rings. The number of anilines is 5. The Balaban J connectivity index is 0.000000161. The Morgan fingerprint density at radius 3 is 1.52 bits per heavy atom. The van der Waals surface area contributed by atoms with Crippen LogP contribution in [0.5, 0.6) is 0 Å². The monoisotopic (exact) mass is 1390 g/mol. The first-order chi connectivity index (χ1) is 48.0. The van der Waals surface area contributed by atoms with E-state index >= 15 is 0 Å². The summed E-state index contributed by atoms with van der Waals surface area (Å²) in [6.45, 7) is 12.7. The molecule has 101 heavy (non-hydrogen) atoms. The van der Waals surface area contributed by atoms with Crippen LogP contribution in [-0.2, 0) is 84.9 Å². The van der Waals surface area contributed by atoms with Gasteiger partial charge >= 0.3 is 29.8 Å². The molecule has 0 bridgehead atoms. The van der Waals surface area contributed by atoms with Crippen LogP contribution in [0, 0.1) is 0 Å². The zero-order valence-electron chi connectivity index (χ0n) is 58.4. The third-order valence-corrected chi connectivity index (χ3v) is 16.9. The summed E-state index contributed by atoms with van der Waals surface area (Å²) >= 11 is 0. The third-order valence-electron chi connectivity index (χ3n) is 16.9. The summed E-state index contributed by atoms with van der Waals surface area (Å²) in [6, 6.07) is 18.7. The summed E-state index contributed by atoms with van der Waals surface area (Å²) in [4.78, 5) is 121. The Labute approximate surface area is 576 Å². The number of aromatic nitrogens is 10. The number of esters is 5. The van der Waals surface area contributed by atoms with Crippen molar-refractivity contribution in [3.05, 3.63) is 177 Å². The van der Waals surface area contributed by atoms with Crippen LogP contribution in [-0.4, -0.2) is 178 Å². The number of carbonyl (C=O) groups excluding carboxylic acids is 5. The van der Waals surface area contributed by atoms with Crippen molar-refractivity contribution < 1.29 is 47.7 Å². The number of aryl methyl sites for hydroxylation is 1. The average Bonchev–Trinajstić information content (AvgIpc) is 0.743. The molecule has 0 spiro atoms. The van der Waals surface area contributed by atoms with Gasteiger partial charge in [0.25, 0.3) is 27.8 Å². The lowest BCUT2D eigenvalue weighted by Gasteiger charge is -2.35. The second-order valence-corrected chi connectivity index (χ2v) is 23.1. The van der Waals surface area contributed by atoms with Crippen LogP contribution in [0.1, 0.15) is 87.8 Å². The van der Waals surface area contributed by atoms with E-state index in [1.165, 1.54) is 69.0 Å². The summed E-state index contributed by atoms with van der Waals surface area (Å²) in [5, 5.41) is 53.1. The highest BCUT2D eigenvalue weighted by Gasteiger charge is 2.49. The van der Waals surface area contributed by atoms with Gasteiger partial charge in [-0.25, -0.2) is 29.2 Å². The van der Waals surface area contributed by atoms with Crippen molar-refractivity contribution in [2.45, 2.75) is 84.6 Å². The maximum atomic E-state index is 13.0. The van der Waals surface area contributed by atoms with Crippen molar-refractivity contribution in [1.82, 2.24) is 49.7 Å². The van der Waals surface area contributed by atoms with Crippen molar-refractivity contribution in [3.8, 4) is 5.69 Å². The number of carbonyl (C=O) groups is 5. The Morgan fingerprint density at radius 2 is 0.980 bits per heavy atom. The molecule has 0 fully saturated rings. The fourth-order valence-electron chi connectivity index (χ4n) is 11.3. The minimum Gasteiger partial charge on any atom is -0.468 e. The van der Waals surface area contributed by atoms with Gasteiger partial charge in [0.05, 0.1) is 151 Å². The smallest absolute Gasteiger partial charge is 0.354 e. The number of para-hydroxylation sites is 1. The van der Waals surface area contributed by atoms with Crippen molar-refractivity contribution in [2.24, 2.45) is 32.6 Å². The largest absolute Gasteiger partial charge is 0.468 e. The van der Waals surface area contributed by atoms with Gasteiger partial charge in [-0.15, -0.1) is 0 Å². The zero-order chi connectivity index (χ0) is 73.9. The van der Waals surface area contributed by atoms with E-state index in [0.29, 0.717) is 85.6 Å². The highest BCUT2D eigenvalue weighted by Crippen LogP contribution is 2.38. The first-order valence-corrected chi connectivity index (χ1v) is 31.1. The Kier molecular flexibility index (Phi) is 23.1. The quantitative estimate of drug-likeness (QED) is 0.146. The van der Waals surface area contributed by atoms with E-state index < -0.39 is 52.2 Å². The number of hydrazone groups is 5. The molecule has 5 aromatic heterocycles. The van der Waals surface area contributed by atoms with Gasteiger partial charge in [0.1, 0.15) is 16.7 Å². The minimum absolute atomic E-state index is 0.126. The highest BCUT2D eigenvalue weighted by molar-refractivity contribution is 6.38. The molecule has 2 N–H and O–H groups in total. The zero-order valence-corrected chi connectivity index (χ0v) is 58.4. The van der Waals surface area contributed by atoms with E-state index in [4.69, 9.17) is 14.2 Å². The number of hydrogen-bond acceptors (Lipinski definition) is 30. The summed E-state index contributed by atoms with van der Waals surface area (Å²) in [5.41, 5.74) is 4.25. The number of fused-ring (bicyclic) bond motifs is 5. The molecule has 12 rings (SSSR count). The molecule has 0 aliphatic carbocycles. The fourth-order valence-corrected chi connectivity index (χ4v) is 11.3. The second kappa shape index (κ2) is 31.4. The van der Waals surface area contributed by atoms with Crippen LogP contribution in [0.15, 0.2) is 141 Å². The van der Waals surface area contributed by atoms with E-state index in [9.17, 15) is 47.9 Å². The molecule has 35 heteroatoms. The maximum Gasteiger partial charge on any atom is 0.354 e. The van der Waals surface area contributed by atoms with Crippen molar-refractivity contribution in [2.75, 3.05) is 94.8 Å². The lowest BCUT2D eigenvalue weighted by Crippen LogP contribution is -2.50. The molecule has 10 heterocycles. The number of hydrogen-bond donors (Lipinski definition) is 2. The molecule has 0 saturated carbocycles. The van der Waals surface area contributed by atoms with E-state index in [2.05, 4.69) is 70.7 Å². The molecule has 5 aliphatic rings. The summed E-state index contributed by atoms with van der Waals surface area (Å²) < 4.78 is 28.2. The SMILES string of the molecule is CCOC(=O)C1(C)C(C)=NN(C)c2cn[nH]c(=O)c21.CCOC(=O)C1(C)C(C)=NN(C)c2cnn(C)c(=O)c21.COC(=O)C1=NN(C)c2cn[nH]c(=O)c2C1.COC(=O)C1=NN(C)c2cnn(-c3ccccc3)c(=O)c2C1.COC(=O)C1C(C)=NN(C)c2cnn(Cc3ccccc3)c(=O)c21. The highest BCUT2D eigenvalue weighted by atomic mass is 16.5. The number of nitrogens with one attached hydrogen (secondary N) is 2. The van der Waals surface area contributed by atoms with Crippen molar-refractivity contribution in [3.63, 3.8) is 0 Å². The third kappa shape index (κ3) is 15.0. The molecule has 530 valence electrons. The van der Waals surface area contributed by atoms with Gasteiger partial charge in [0.15, 0.2) is 11.4 Å². The molecule has 0 amide bonds. The van der Waals surface area contributed by atoms with E-state index in [1.54, 1.807) is 125 Å². The predicted molar refractivity (Wildman–Crippen MR) is 373 cm³/mol. The Bertz CT molecular complexity index is 4830. The molecular formula is C66H76N20O15. The standard InChI is InChI=1S/C17H18N4O3.C15H14N4O3.C13H18N4O3.C12H16N4O3.C9H10N4O3/c1-11-14(17(23)24-3)15-13(20(2)19-11)9-18-21(16(15)22)10-12-7-5-4-6-8-12;1-18-13-9-16-19(10-6-4-3-5-7-10)14(20)11(13)8-12(17-18)15(21)22-2;1-6-20-12(19)13(3)8(2)15-16(4)9-7-14-17(5)11(18)10(9)13;1-5-19-11(18)12(3)7(2)15-16(4)8-6-13-14-10(17)9(8)12;1-13-7-4-10-11-8(14)5(7)3-6(12-13)9(15)16-2/h4-9,14H,10H2,1-3H3;3-7,9H,8H2,1-2H3;7H,6H2,1-5H3;6H,5H2,1-4H3,(H,14,17);4H,3H2,1-2H3,(H,11,14). The molecular weight excluding hydrogens is 1310 g/mol. The van der Waals surface area contributed by atoms with E-state index in [0.717, 1.165) is 5.56 Å². The number of rotatable bonds is 10. The number of nitrogens with zero attached hydrogens (tertiary/aromatic N) is 18. The fraction of sp³-hybridized carbons (Fsp3) is 0.364. The van der Waals surface area contributed by atoms with Gasteiger partial charge in [-0.3, -0.25) is 63.4 Å². The molecule has 35 nitrogen and oxygen atoms in total. The number of H-pyrrole nitrogens is 2. The van der Waals surface area contributed by atoms with Gasteiger partial charge in [0, 0.05) is 55.1 Å². The molecule has 5 aliphatic heterocycles. The topological polar surface area (TPSA) is 406 Å². The number of methoxy groups -OCH3 is 3. The van der Waals surface area contributed by atoms with Crippen LogP contribution < -0.4 is 52.8 Å². The van der Waals surface area contributed by atoms with E-state index in [-0.39, 0.29) is 59.7 Å². The van der Waals surface area contributed by atoms with Crippen molar-refractivity contribution in [1.29, 1.82) is 0 Å². The lowest BCUT2D eigenvalue weighted by atomic mass is 9.77. The number of benzene rings is 2. The molecule has 2 aromatic carbocycles. The van der Waals surface area contributed by atoms with Gasteiger partial charge in [-0.1, -0.05) is 48.5 Å². The Morgan fingerprint density at radius 1 is 0.515 bits per heavy atom. The number of ether oxygens (including phenoxy) is 5. The van der Waals surface area contributed by atoms with Gasteiger partial charge in [-0.05, 0) is 66.2 Å². The second-order valence-electron chi connectivity index (χ2n) is 23.1. The molecule has 3 unspecified atom stereocenters. The average molecular weight is 1390 g/mol. The van der Waals surface area contributed by atoms with Crippen molar-refractivity contribution >= 4 is 86.8 Å². The normalized spacial score (nSPS) is 17.3. The molecule has 0 radical (unpaired) electrons. The van der Waals surface area contributed by atoms with Crippen LogP contribution in [0.4, 0.5) is 28.4 Å². The summed E-state index contributed by atoms with van der Waals surface area (Å²) in [5.74, 6) is -3.34. The number of aromatic amines is 2. The summed E-state index contributed by atoms with van der Waals surface area (Å²) in [7, 11) is 13.9.